The number of carboxylic acid groups (broad SMARTS) is 1. The first kappa shape index (κ1) is 16.2. The first-order chi connectivity index (χ1) is 12.0. The zero-order valence-corrected chi connectivity index (χ0v) is 14.6. The number of carboxylic acids is 1. The van der Waals surface area contributed by atoms with Crippen molar-refractivity contribution < 1.29 is 9.90 Å². The number of hydrogen-bond acceptors (Lipinski definition) is 4. The van der Waals surface area contributed by atoms with Crippen molar-refractivity contribution in [2.75, 3.05) is 11.4 Å². The molecule has 0 saturated carbocycles. The average Bonchev–Trinajstić information content (AvgIpc) is 3.09. The predicted octanol–water partition coefficient (Wildman–Crippen LogP) is 3.78. The Labute approximate surface area is 153 Å². The van der Waals surface area contributed by atoms with Gasteiger partial charge in [-0.3, -0.25) is 4.79 Å². The van der Waals surface area contributed by atoms with Gasteiger partial charge in [-0.2, -0.15) is 0 Å². The molecule has 1 aromatic carbocycles. The molecule has 1 atom stereocenters. The molecule has 8 heteroatoms. The standard InChI is InChI=1S/C17H14Cl2N4O2/c18-12-2-1-11-13(22-6-4-20-9-22)8-14(21-17(11)16(12)19)23-5-3-10(23)7-15(24)25/h1-2,4,6,8-10H,3,5,7H2,(H,24,25)/t10-/m0/s1. The van der Waals surface area contributed by atoms with E-state index in [1.807, 2.05) is 27.8 Å². The maximum Gasteiger partial charge on any atom is 0.305 e. The van der Waals surface area contributed by atoms with Gasteiger partial charge in [0.2, 0.25) is 0 Å². The van der Waals surface area contributed by atoms with Crippen molar-refractivity contribution in [1.29, 1.82) is 0 Å². The van der Waals surface area contributed by atoms with E-state index in [1.54, 1.807) is 18.6 Å². The smallest absolute Gasteiger partial charge is 0.305 e. The molecule has 1 saturated heterocycles. The lowest BCUT2D eigenvalue weighted by Gasteiger charge is -2.41. The van der Waals surface area contributed by atoms with Crippen LogP contribution in [0.1, 0.15) is 12.8 Å². The van der Waals surface area contributed by atoms with Crippen LogP contribution < -0.4 is 4.90 Å². The summed E-state index contributed by atoms with van der Waals surface area (Å²) in [4.78, 5) is 21.8. The zero-order chi connectivity index (χ0) is 17.6. The highest BCUT2D eigenvalue weighted by Crippen LogP contribution is 2.36. The molecule has 1 fully saturated rings. The van der Waals surface area contributed by atoms with E-state index in [2.05, 4.69) is 9.97 Å². The van der Waals surface area contributed by atoms with Crippen LogP contribution in [0.25, 0.3) is 16.6 Å². The molecular weight excluding hydrogens is 363 g/mol. The zero-order valence-electron chi connectivity index (χ0n) is 13.1. The third-order valence-electron chi connectivity index (χ3n) is 4.47. The van der Waals surface area contributed by atoms with Crippen LogP contribution in [0.2, 0.25) is 10.0 Å². The molecule has 2 aromatic heterocycles. The summed E-state index contributed by atoms with van der Waals surface area (Å²) in [6.07, 6.45) is 6.15. The van der Waals surface area contributed by atoms with Gasteiger partial charge >= 0.3 is 5.97 Å². The van der Waals surface area contributed by atoms with Gasteiger partial charge in [0, 0.05) is 36.4 Å². The molecule has 1 aliphatic heterocycles. The Morgan fingerprint density at radius 3 is 2.84 bits per heavy atom. The molecule has 3 aromatic rings. The summed E-state index contributed by atoms with van der Waals surface area (Å²) < 4.78 is 1.88. The molecule has 0 spiro atoms. The summed E-state index contributed by atoms with van der Waals surface area (Å²) in [5.41, 5.74) is 1.47. The van der Waals surface area contributed by atoms with Crippen molar-refractivity contribution in [3.05, 3.63) is 47.0 Å². The van der Waals surface area contributed by atoms with Gasteiger partial charge in [0.15, 0.2) is 0 Å². The van der Waals surface area contributed by atoms with Crippen LogP contribution in [0, 0.1) is 0 Å². The molecule has 0 unspecified atom stereocenters. The molecule has 0 amide bonds. The average molecular weight is 377 g/mol. The van der Waals surface area contributed by atoms with Crippen LogP contribution in [0.3, 0.4) is 0 Å². The molecule has 3 heterocycles. The molecule has 1 N–H and O–H groups in total. The fraction of sp³-hybridized carbons (Fsp3) is 0.235. The number of aliphatic carboxylic acids is 1. The number of halogens is 2. The Morgan fingerprint density at radius 2 is 2.20 bits per heavy atom. The summed E-state index contributed by atoms with van der Waals surface area (Å²) in [5, 5.41) is 10.7. The lowest BCUT2D eigenvalue weighted by Crippen LogP contribution is -2.49. The Kier molecular flexibility index (Phi) is 4.01. The molecule has 1 aliphatic rings. The van der Waals surface area contributed by atoms with Crippen molar-refractivity contribution in [3.63, 3.8) is 0 Å². The topological polar surface area (TPSA) is 71.2 Å². The monoisotopic (exact) mass is 376 g/mol. The van der Waals surface area contributed by atoms with E-state index in [9.17, 15) is 4.79 Å². The van der Waals surface area contributed by atoms with Crippen LogP contribution in [0.15, 0.2) is 36.9 Å². The fourth-order valence-corrected chi connectivity index (χ4v) is 3.48. The summed E-state index contributed by atoms with van der Waals surface area (Å²) in [5.74, 6) is -0.121. The van der Waals surface area contributed by atoms with Gasteiger partial charge in [-0.05, 0) is 18.6 Å². The van der Waals surface area contributed by atoms with Gasteiger partial charge in [0.1, 0.15) is 5.82 Å². The lowest BCUT2D eigenvalue weighted by molar-refractivity contribution is -0.137. The molecule has 4 rings (SSSR count). The minimum absolute atomic E-state index is 0.0592. The fourth-order valence-electron chi connectivity index (χ4n) is 3.12. The van der Waals surface area contributed by atoms with Gasteiger partial charge in [0.25, 0.3) is 0 Å². The number of hydrogen-bond donors (Lipinski definition) is 1. The third-order valence-corrected chi connectivity index (χ3v) is 5.26. The van der Waals surface area contributed by atoms with Gasteiger partial charge in [-0.25, -0.2) is 9.97 Å². The quantitative estimate of drug-likeness (QED) is 0.749. The maximum absolute atomic E-state index is 11.0. The minimum atomic E-state index is -0.814. The third kappa shape index (κ3) is 2.81. The van der Waals surface area contributed by atoms with Gasteiger partial charge < -0.3 is 14.6 Å². The number of rotatable bonds is 4. The van der Waals surface area contributed by atoms with Crippen molar-refractivity contribution in [2.24, 2.45) is 0 Å². The highest BCUT2D eigenvalue weighted by atomic mass is 35.5. The molecule has 6 nitrogen and oxygen atoms in total. The second kappa shape index (κ2) is 6.20. The Bertz CT molecular complexity index is 959. The van der Waals surface area contributed by atoms with E-state index < -0.39 is 5.97 Å². The molecule has 128 valence electrons. The first-order valence-corrected chi connectivity index (χ1v) is 8.55. The Balaban J connectivity index is 1.88. The van der Waals surface area contributed by atoms with Gasteiger partial charge in [-0.15, -0.1) is 0 Å². The van der Waals surface area contributed by atoms with Crippen molar-refractivity contribution in [3.8, 4) is 5.69 Å². The largest absolute Gasteiger partial charge is 0.481 e. The second-order valence-corrected chi connectivity index (χ2v) is 6.75. The molecule has 25 heavy (non-hydrogen) atoms. The SMILES string of the molecule is O=C(O)C[C@@H]1CCN1c1cc(-n2ccnc2)c2ccc(Cl)c(Cl)c2n1. The van der Waals surface area contributed by atoms with E-state index >= 15 is 0 Å². The normalized spacial score (nSPS) is 16.9. The Hall–Kier alpha value is -2.31. The van der Waals surface area contributed by atoms with Crippen LogP contribution in [-0.2, 0) is 4.79 Å². The maximum atomic E-state index is 11.0. The first-order valence-electron chi connectivity index (χ1n) is 7.80. The number of benzene rings is 1. The van der Waals surface area contributed by atoms with E-state index in [0.717, 1.165) is 24.0 Å². The van der Waals surface area contributed by atoms with E-state index in [1.165, 1.54) is 0 Å². The number of carbonyl (C=O) groups is 1. The van der Waals surface area contributed by atoms with Gasteiger partial charge in [0.05, 0.1) is 34.0 Å². The van der Waals surface area contributed by atoms with Crippen molar-refractivity contribution in [1.82, 2.24) is 14.5 Å². The second-order valence-electron chi connectivity index (χ2n) is 5.96. The van der Waals surface area contributed by atoms with Crippen LogP contribution >= 0.6 is 23.2 Å². The van der Waals surface area contributed by atoms with E-state index in [4.69, 9.17) is 28.3 Å². The number of anilines is 1. The summed E-state index contributed by atoms with van der Waals surface area (Å²) in [6, 6.07) is 5.49. The minimum Gasteiger partial charge on any atom is -0.481 e. The van der Waals surface area contributed by atoms with Gasteiger partial charge in [-0.1, -0.05) is 23.2 Å². The van der Waals surface area contributed by atoms with E-state index in [0.29, 0.717) is 21.4 Å². The summed E-state index contributed by atoms with van der Waals surface area (Å²) in [6.45, 7) is 0.762. The van der Waals surface area contributed by atoms with Crippen LogP contribution in [-0.4, -0.2) is 38.2 Å². The number of fused-ring (bicyclic) bond motifs is 1. The highest BCUT2D eigenvalue weighted by Gasteiger charge is 2.31. The Morgan fingerprint density at radius 1 is 1.36 bits per heavy atom. The molecule has 0 bridgehead atoms. The van der Waals surface area contributed by atoms with Crippen LogP contribution in [0.5, 0.6) is 0 Å². The van der Waals surface area contributed by atoms with Crippen molar-refractivity contribution >= 4 is 45.9 Å². The molecular formula is C17H14Cl2N4O2. The highest BCUT2D eigenvalue weighted by molar-refractivity contribution is 6.45. The number of aromatic nitrogens is 3. The summed E-state index contributed by atoms with van der Waals surface area (Å²) >= 11 is 12.5. The summed E-state index contributed by atoms with van der Waals surface area (Å²) in [7, 11) is 0. The number of nitrogens with zero attached hydrogens (tertiary/aromatic N) is 4. The molecule has 0 radical (unpaired) electrons. The van der Waals surface area contributed by atoms with E-state index in [-0.39, 0.29) is 12.5 Å². The van der Waals surface area contributed by atoms with Crippen LogP contribution in [0.4, 0.5) is 5.82 Å². The van der Waals surface area contributed by atoms with Crippen molar-refractivity contribution in [2.45, 2.75) is 18.9 Å². The lowest BCUT2D eigenvalue weighted by atomic mass is 9.99. The number of imidazole rings is 1. The number of pyridine rings is 1. The molecule has 0 aliphatic carbocycles. The predicted molar refractivity (Wildman–Crippen MR) is 96.9 cm³/mol.